The Kier molecular flexibility index (Phi) is 2.75. The molecule has 0 saturated heterocycles. The predicted molar refractivity (Wildman–Crippen MR) is 56.5 cm³/mol. The smallest absolute Gasteiger partial charge is 0.226 e. The van der Waals surface area contributed by atoms with Gasteiger partial charge in [0.2, 0.25) is 5.89 Å². The number of aromatic nitrogens is 1. The lowest BCUT2D eigenvalue weighted by Gasteiger charge is -1.94. The molecule has 14 heavy (non-hydrogen) atoms. The fourth-order valence-electron chi connectivity index (χ4n) is 1.09. The molecule has 0 aliphatic heterocycles. The average molecular weight is 228 g/mol. The van der Waals surface area contributed by atoms with Crippen molar-refractivity contribution < 1.29 is 4.42 Å². The van der Waals surface area contributed by atoms with Crippen LogP contribution in [0.5, 0.6) is 0 Å². The van der Waals surface area contributed by atoms with Crippen molar-refractivity contribution in [3.63, 3.8) is 0 Å². The van der Waals surface area contributed by atoms with E-state index in [9.17, 15) is 0 Å². The third kappa shape index (κ3) is 1.91. The van der Waals surface area contributed by atoms with Crippen molar-refractivity contribution >= 4 is 23.2 Å². The molecule has 1 aromatic heterocycles. The fourth-order valence-corrected chi connectivity index (χ4v) is 1.34. The molecule has 0 N–H and O–H groups in total. The van der Waals surface area contributed by atoms with Gasteiger partial charge in [0.05, 0.1) is 11.6 Å². The molecule has 0 spiro atoms. The van der Waals surface area contributed by atoms with Gasteiger partial charge >= 0.3 is 0 Å². The third-order valence-corrected chi connectivity index (χ3v) is 2.31. The van der Waals surface area contributed by atoms with Gasteiger partial charge in [-0.15, -0.1) is 11.6 Å². The Labute approximate surface area is 91.5 Å². The standard InChI is InChI=1S/C10H7Cl2NO/c11-5-9-6-14-10(13-9)7-1-3-8(12)4-2-7/h1-4,6H,5H2. The second-order valence-corrected chi connectivity index (χ2v) is 3.49. The summed E-state index contributed by atoms with van der Waals surface area (Å²) in [5, 5.41) is 0.692. The lowest BCUT2D eigenvalue weighted by molar-refractivity contribution is 0.573. The average Bonchev–Trinajstić information content (AvgIpc) is 2.67. The molecule has 0 amide bonds. The van der Waals surface area contributed by atoms with Gasteiger partial charge in [0.25, 0.3) is 0 Å². The Morgan fingerprint density at radius 3 is 2.50 bits per heavy atom. The summed E-state index contributed by atoms with van der Waals surface area (Å²) in [6.07, 6.45) is 1.55. The van der Waals surface area contributed by atoms with Crippen LogP contribution in [0.2, 0.25) is 5.02 Å². The van der Waals surface area contributed by atoms with Gasteiger partial charge in [-0.25, -0.2) is 4.98 Å². The zero-order valence-electron chi connectivity index (χ0n) is 7.21. The molecular formula is C10H7Cl2NO. The molecule has 0 aliphatic rings. The molecular weight excluding hydrogens is 221 g/mol. The van der Waals surface area contributed by atoms with Gasteiger partial charge in [0.15, 0.2) is 0 Å². The zero-order valence-corrected chi connectivity index (χ0v) is 8.72. The minimum absolute atomic E-state index is 0.358. The van der Waals surface area contributed by atoms with Crippen LogP contribution in [0.1, 0.15) is 5.69 Å². The number of halogens is 2. The van der Waals surface area contributed by atoms with Crippen LogP contribution in [0.3, 0.4) is 0 Å². The van der Waals surface area contributed by atoms with Crippen LogP contribution in [0.4, 0.5) is 0 Å². The van der Waals surface area contributed by atoms with E-state index < -0.39 is 0 Å². The molecule has 0 radical (unpaired) electrons. The Hall–Kier alpha value is -0.990. The molecule has 1 aromatic carbocycles. The summed E-state index contributed by atoms with van der Waals surface area (Å²) >= 11 is 11.4. The summed E-state index contributed by atoms with van der Waals surface area (Å²) < 4.78 is 5.24. The second kappa shape index (κ2) is 4.03. The molecule has 0 bridgehead atoms. The summed E-state index contributed by atoms with van der Waals surface area (Å²) in [4.78, 5) is 4.19. The number of nitrogens with zero attached hydrogens (tertiary/aromatic N) is 1. The molecule has 0 fully saturated rings. The largest absolute Gasteiger partial charge is 0.444 e. The van der Waals surface area contributed by atoms with Gasteiger partial charge in [-0.05, 0) is 24.3 Å². The van der Waals surface area contributed by atoms with Crippen LogP contribution in [0, 0.1) is 0 Å². The third-order valence-electron chi connectivity index (χ3n) is 1.78. The zero-order chi connectivity index (χ0) is 9.97. The second-order valence-electron chi connectivity index (χ2n) is 2.78. The molecule has 2 aromatic rings. The van der Waals surface area contributed by atoms with Crippen molar-refractivity contribution in [2.24, 2.45) is 0 Å². The summed E-state index contributed by atoms with van der Waals surface area (Å²) in [6.45, 7) is 0. The normalized spacial score (nSPS) is 10.4. The van der Waals surface area contributed by atoms with Crippen LogP contribution < -0.4 is 0 Å². The number of hydrogen-bond donors (Lipinski definition) is 0. The predicted octanol–water partition coefficient (Wildman–Crippen LogP) is 3.73. The van der Waals surface area contributed by atoms with Gasteiger partial charge in [-0.1, -0.05) is 11.6 Å². The van der Waals surface area contributed by atoms with E-state index in [4.69, 9.17) is 27.6 Å². The number of benzene rings is 1. The van der Waals surface area contributed by atoms with Gasteiger partial charge in [-0.3, -0.25) is 0 Å². The number of hydrogen-bond acceptors (Lipinski definition) is 2. The van der Waals surface area contributed by atoms with E-state index in [1.807, 2.05) is 12.1 Å². The number of oxazole rings is 1. The van der Waals surface area contributed by atoms with E-state index in [1.165, 1.54) is 0 Å². The van der Waals surface area contributed by atoms with E-state index in [1.54, 1.807) is 18.4 Å². The highest BCUT2D eigenvalue weighted by Crippen LogP contribution is 2.21. The summed E-state index contributed by atoms with van der Waals surface area (Å²) in [5.41, 5.74) is 1.63. The van der Waals surface area contributed by atoms with E-state index in [0.717, 1.165) is 11.3 Å². The lowest BCUT2D eigenvalue weighted by Crippen LogP contribution is -1.79. The number of alkyl halides is 1. The molecule has 0 atom stereocenters. The van der Waals surface area contributed by atoms with Crippen LogP contribution in [0.15, 0.2) is 34.9 Å². The van der Waals surface area contributed by atoms with Crippen molar-refractivity contribution in [2.45, 2.75) is 5.88 Å². The molecule has 1 heterocycles. The lowest BCUT2D eigenvalue weighted by atomic mass is 10.2. The molecule has 72 valence electrons. The molecule has 4 heteroatoms. The molecule has 2 rings (SSSR count). The van der Waals surface area contributed by atoms with Gasteiger partial charge in [0, 0.05) is 10.6 Å². The summed E-state index contributed by atoms with van der Waals surface area (Å²) in [5.74, 6) is 0.925. The van der Waals surface area contributed by atoms with Crippen molar-refractivity contribution in [1.29, 1.82) is 0 Å². The van der Waals surface area contributed by atoms with E-state index >= 15 is 0 Å². The van der Waals surface area contributed by atoms with Crippen molar-refractivity contribution in [2.75, 3.05) is 0 Å². The molecule has 0 aliphatic carbocycles. The highest BCUT2D eigenvalue weighted by Gasteiger charge is 2.05. The topological polar surface area (TPSA) is 26.0 Å². The van der Waals surface area contributed by atoms with E-state index in [0.29, 0.717) is 16.8 Å². The quantitative estimate of drug-likeness (QED) is 0.732. The van der Waals surface area contributed by atoms with Crippen LogP contribution in [-0.2, 0) is 5.88 Å². The maximum atomic E-state index is 5.76. The van der Waals surface area contributed by atoms with Crippen molar-refractivity contribution in [3.05, 3.63) is 41.2 Å². The van der Waals surface area contributed by atoms with Gasteiger partial charge in [-0.2, -0.15) is 0 Å². The van der Waals surface area contributed by atoms with Gasteiger partial charge in [0.1, 0.15) is 6.26 Å². The molecule has 0 saturated carbocycles. The van der Waals surface area contributed by atoms with Crippen LogP contribution in [0.25, 0.3) is 11.5 Å². The highest BCUT2D eigenvalue weighted by atomic mass is 35.5. The minimum atomic E-state index is 0.358. The first kappa shape index (κ1) is 9.56. The fraction of sp³-hybridized carbons (Fsp3) is 0.100. The monoisotopic (exact) mass is 227 g/mol. The van der Waals surface area contributed by atoms with Crippen molar-refractivity contribution in [1.82, 2.24) is 4.98 Å². The van der Waals surface area contributed by atoms with Crippen molar-refractivity contribution in [3.8, 4) is 11.5 Å². The first-order chi connectivity index (χ1) is 6.79. The Bertz CT molecular complexity index is 422. The first-order valence-corrected chi connectivity index (χ1v) is 4.97. The highest BCUT2D eigenvalue weighted by molar-refractivity contribution is 6.30. The molecule has 2 nitrogen and oxygen atoms in total. The van der Waals surface area contributed by atoms with Crippen LogP contribution in [-0.4, -0.2) is 4.98 Å². The summed E-state index contributed by atoms with van der Waals surface area (Å²) in [7, 11) is 0. The van der Waals surface area contributed by atoms with Crippen LogP contribution >= 0.6 is 23.2 Å². The minimum Gasteiger partial charge on any atom is -0.444 e. The van der Waals surface area contributed by atoms with E-state index in [2.05, 4.69) is 4.98 Å². The van der Waals surface area contributed by atoms with Gasteiger partial charge < -0.3 is 4.42 Å². The molecule has 0 unspecified atom stereocenters. The summed E-state index contributed by atoms with van der Waals surface area (Å²) in [6, 6.07) is 7.29. The Morgan fingerprint density at radius 1 is 1.21 bits per heavy atom. The first-order valence-electron chi connectivity index (χ1n) is 4.06. The Morgan fingerprint density at radius 2 is 1.93 bits per heavy atom. The Balaban J connectivity index is 2.34. The number of rotatable bonds is 2. The maximum Gasteiger partial charge on any atom is 0.226 e. The van der Waals surface area contributed by atoms with E-state index in [-0.39, 0.29) is 0 Å². The SMILES string of the molecule is ClCc1coc(-c2ccc(Cl)cc2)n1. The maximum absolute atomic E-state index is 5.76.